The van der Waals surface area contributed by atoms with Crippen LogP contribution >= 0.6 is 0 Å². The Kier molecular flexibility index (Phi) is 6.33. The molecule has 0 saturated carbocycles. The van der Waals surface area contributed by atoms with Crippen LogP contribution in [0.5, 0.6) is 0 Å². The summed E-state index contributed by atoms with van der Waals surface area (Å²) >= 11 is 0. The van der Waals surface area contributed by atoms with Crippen LogP contribution in [0, 0.1) is 0 Å². The van der Waals surface area contributed by atoms with Gasteiger partial charge in [0.2, 0.25) is 0 Å². The van der Waals surface area contributed by atoms with E-state index >= 15 is 0 Å². The van der Waals surface area contributed by atoms with Gasteiger partial charge in [-0.2, -0.15) is 13.2 Å². The van der Waals surface area contributed by atoms with Crippen LogP contribution < -0.4 is 10.6 Å². The van der Waals surface area contributed by atoms with E-state index in [1.165, 1.54) is 19.1 Å². The van der Waals surface area contributed by atoms with E-state index in [0.717, 1.165) is 23.0 Å². The average molecular weight is 399 g/mol. The molecule has 28 heavy (non-hydrogen) atoms. The maximum Gasteiger partial charge on any atom is 0.418 e. The van der Waals surface area contributed by atoms with Gasteiger partial charge in [0.1, 0.15) is 0 Å². The van der Waals surface area contributed by atoms with Crippen molar-refractivity contribution < 1.29 is 32.3 Å². The zero-order valence-electron chi connectivity index (χ0n) is 14.8. The van der Waals surface area contributed by atoms with Crippen LogP contribution in [0.2, 0.25) is 0 Å². The van der Waals surface area contributed by atoms with Crippen LogP contribution in [-0.2, 0) is 15.7 Å². The first-order valence-corrected chi connectivity index (χ1v) is 8.02. The highest BCUT2D eigenvalue weighted by atomic mass is 19.4. The third-order valence-electron chi connectivity index (χ3n) is 3.39. The molecule has 1 atom stereocenters. The molecule has 1 aromatic carbocycles. The fourth-order valence-corrected chi connectivity index (χ4v) is 2.08. The standard InChI is InChI=1S/C16H16F3N5O4/c1-3-20-15(27)21-13(25)9(2)28-14(26)11-8-24(23-22-11)12-7-5-4-6-10(12)16(17,18)19/h4-9H,3H2,1-2H3,(H2,20,21,25,27)/t9-/m1/s1. The number of carbonyl (C=O) groups is 3. The highest BCUT2D eigenvalue weighted by Gasteiger charge is 2.34. The van der Waals surface area contributed by atoms with E-state index in [2.05, 4.69) is 15.6 Å². The Morgan fingerprint density at radius 1 is 1.25 bits per heavy atom. The summed E-state index contributed by atoms with van der Waals surface area (Å²) in [6.07, 6.45) is -5.03. The van der Waals surface area contributed by atoms with Crippen molar-refractivity contribution in [2.45, 2.75) is 26.1 Å². The van der Waals surface area contributed by atoms with Crippen molar-refractivity contribution in [1.29, 1.82) is 0 Å². The number of benzene rings is 1. The summed E-state index contributed by atoms with van der Waals surface area (Å²) in [5.41, 5.74) is -1.70. The number of ether oxygens (including phenoxy) is 1. The molecule has 0 radical (unpaired) electrons. The number of aromatic nitrogens is 3. The predicted octanol–water partition coefficient (Wildman–Crippen LogP) is 1.68. The van der Waals surface area contributed by atoms with Gasteiger partial charge in [0.15, 0.2) is 11.8 Å². The maximum absolute atomic E-state index is 13.1. The van der Waals surface area contributed by atoms with Crippen molar-refractivity contribution in [3.8, 4) is 5.69 Å². The van der Waals surface area contributed by atoms with E-state index in [1.54, 1.807) is 6.92 Å². The number of halogens is 3. The zero-order chi connectivity index (χ0) is 20.9. The topological polar surface area (TPSA) is 115 Å². The molecule has 2 aromatic rings. The molecule has 0 unspecified atom stereocenters. The Morgan fingerprint density at radius 2 is 1.93 bits per heavy atom. The Balaban J connectivity index is 2.11. The predicted molar refractivity (Wildman–Crippen MR) is 88.5 cm³/mol. The number of hydrogen-bond acceptors (Lipinski definition) is 6. The number of alkyl halides is 3. The molecule has 9 nitrogen and oxygen atoms in total. The molecule has 2 N–H and O–H groups in total. The molecule has 150 valence electrons. The lowest BCUT2D eigenvalue weighted by atomic mass is 10.1. The molecular weight excluding hydrogens is 383 g/mol. The van der Waals surface area contributed by atoms with Gasteiger partial charge in [-0.3, -0.25) is 10.1 Å². The normalized spacial score (nSPS) is 12.2. The second-order valence-corrected chi connectivity index (χ2v) is 5.46. The lowest BCUT2D eigenvalue weighted by Gasteiger charge is -2.12. The van der Waals surface area contributed by atoms with Crippen molar-refractivity contribution in [3.63, 3.8) is 0 Å². The third kappa shape index (κ3) is 5.05. The van der Waals surface area contributed by atoms with E-state index in [4.69, 9.17) is 4.74 Å². The van der Waals surface area contributed by atoms with Crippen molar-refractivity contribution >= 4 is 17.9 Å². The van der Waals surface area contributed by atoms with Gasteiger partial charge in [-0.05, 0) is 26.0 Å². The summed E-state index contributed by atoms with van der Waals surface area (Å²) < 4.78 is 44.9. The van der Waals surface area contributed by atoms with Gasteiger partial charge in [0.05, 0.1) is 17.4 Å². The van der Waals surface area contributed by atoms with Gasteiger partial charge in [0.25, 0.3) is 5.91 Å². The van der Waals surface area contributed by atoms with Gasteiger partial charge < -0.3 is 10.1 Å². The SMILES string of the molecule is CCNC(=O)NC(=O)[C@@H](C)OC(=O)c1cn(-c2ccccc2C(F)(F)F)nn1. The van der Waals surface area contributed by atoms with Gasteiger partial charge in [0, 0.05) is 6.54 Å². The van der Waals surface area contributed by atoms with Crippen LogP contribution in [0.15, 0.2) is 30.5 Å². The molecule has 0 spiro atoms. The van der Waals surface area contributed by atoms with Gasteiger partial charge >= 0.3 is 18.2 Å². The first-order chi connectivity index (χ1) is 13.1. The molecule has 1 aromatic heterocycles. The summed E-state index contributed by atoms with van der Waals surface area (Å²) in [6.45, 7) is 3.15. The molecular formula is C16H16F3N5O4. The molecule has 0 saturated heterocycles. The molecule has 3 amide bonds. The molecule has 1 heterocycles. The molecule has 0 bridgehead atoms. The number of para-hydroxylation sites is 1. The minimum atomic E-state index is -4.63. The second kappa shape index (κ2) is 8.50. The van der Waals surface area contributed by atoms with Gasteiger partial charge in [-0.25, -0.2) is 14.3 Å². The fourth-order valence-electron chi connectivity index (χ4n) is 2.08. The summed E-state index contributed by atoms with van der Waals surface area (Å²) in [5.74, 6) is -1.97. The lowest BCUT2D eigenvalue weighted by molar-refractivity contribution is -0.137. The minimum Gasteiger partial charge on any atom is -0.448 e. The van der Waals surface area contributed by atoms with Crippen LogP contribution in [0.4, 0.5) is 18.0 Å². The van der Waals surface area contributed by atoms with Crippen molar-refractivity contribution in [1.82, 2.24) is 25.6 Å². The van der Waals surface area contributed by atoms with E-state index < -0.39 is 41.4 Å². The quantitative estimate of drug-likeness (QED) is 0.740. The zero-order valence-corrected chi connectivity index (χ0v) is 14.8. The highest BCUT2D eigenvalue weighted by Crippen LogP contribution is 2.33. The number of nitrogens with one attached hydrogen (secondary N) is 2. The van der Waals surface area contributed by atoms with E-state index in [0.29, 0.717) is 0 Å². The van der Waals surface area contributed by atoms with E-state index in [1.807, 2.05) is 5.32 Å². The summed E-state index contributed by atoms with van der Waals surface area (Å²) in [4.78, 5) is 35.1. The number of imide groups is 1. The number of esters is 1. The third-order valence-corrected chi connectivity index (χ3v) is 3.39. The van der Waals surface area contributed by atoms with Gasteiger partial charge in [-0.1, -0.05) is 17.3 Å². The molecule has 2 rings (SSSR count). The number of urea groups is 1. The fraction of sp³-hybridized carbons (Fsp3) is 0.312. The Hall–Kier alpha value is -3.44. The first-order valence-electron chi connectivity index (χ1n) is 8.02. The van der Waals surface area contributed by atoms with Crippen LogP contribution in [0.3, 0.4) is 0 Å². The van der Waals surface area contributed by atoms with Crippen molar-refractivity contribution in [2.24, 2.45) is 0 Å². The minimum absolute atomic E-state index is 0.287. The molecule has 0 aliphatic carbocycles. The summed E-state index contributed by atoms with van der Waals surface area (Å²) in [6, 6.07) is 3.86. The summed E-state index contributed by atoms with van der Waals surface area (Å²) in [5, 5.41) is 11.3. The number of amides is 3. The van der Waals surface area contributed by atoms with Crippen LogP contribution in [-0.4, -0.2) is 45.6 Å². The molecule has 0 fully saturated rings. The highest BCUT2D eigenvalue weighted by molar-refractivity contribution is 5.98. The average Bonchev–Trinajstić information content (AvgIpc) is 3.11. The van der Waals surface area contributed by atoms with Crippen molar-refractivity contribution in [3.05, 3.63) is 41.7 Å². The number of carbonyl (C=O) groups excluding carboxylic acids is 3. The second-order valence-electron chi connectivity index (χ2n) is 5.46. The number of rotatable bonds is 5. The Bertz CT molecular complexity index is 881. The summed E-state index contributed by atoms with van der Waals surface area (Å²) in [7, 11) is 0. The number of hydrogen-bond donors (Lipinski definition) is 2. The molecule has 0 aliphatic heterocycles. The monoisotopic (exact) mass is 399 g/mol. The number of nitrogens with zero attached hydrogens (tertiary/aromatic N) is 3. The first kappa shape index (κ1) is 20.9. The van der Waals surface area contributed by atoms with Gasteiger partial charge in [-0.15, -0.1) is 5.10 Å². The largest absolute Gasteiger partial charge is 0.448 e. The Labute approximate surface area is 156 Å². The molecule has 0 aliphatic rings. The molecule has 12 heteroatoms. The van der Waals surface area contributed by atoms with E-state index in [9.17, 15) is 27.6 Å². The van der Waals surface area contributed by atoms with Crippen LogP contribution in [0.1, 0.15) is 29.9 Å². The van der Waals surface area contributed by atoms with Crippen molar-refractivity contribution in [2.75, 3.05) is 6.54 Å². The smallest absolute Gasteiger partial charge is 0.418 e. The lowest BCUT2D eigenvalue weighted by Crippen LogP contribution is -2.44. The van der Waals surface area contributed by atoms with Crippen LogP contribution in [0.25, 0.3) is 5.69 Å². The maximum atomic E-state index is 13.1. The van der Waals surface area contributed by atoms with E-state index in [-0.39, 0.29) is 12.2 Å². The Morgan fingerprint density at radius 3 is 2.57 bits per heavy atom.